The number of carbonyl (C=O) groups excluding carboxylic acids is 3. The van der Waals surface area contributed by atoms with Gasteiger partial charge in [0.1, 0.15) is 11.5 Å². The third-order valence-electron chi connectivity index (χ3n) is 6.19. The molecule has 0 radical (unpaired) electrons. The fourth-order valence-corrected chi connectivity index (χ4v) is 5.18. The van der Waals surface area contributed by atoms with E-state index in [2.05, 4.69) is 0 Å². The lowest BCUT2D eigenvalue weighted by molar-refractivity contribution is -0.158. The first-order valence-corrected chi connectivity index (χ1v) is 9.13. The molecule has 0 aromatic heterocycles. The molecule has 1 heterocycles. The maximum Gasteiger partial charge on any atom is 0.501 e. The molecule has 4 rings (SSSR count). The summed E-state index contributed by atoms with van der Waals surface area (Å²) in [4.78, 5) is 36.9. The largest absolute Gasteiger partial charge is 0.501 e. The van der Waals surface area contributed by atoms with Crippen molar-refractivity contribution in [2.75, 3.05) is 6.61 Å². The van der Waals surface area contributed by atoms with E-state index in [-0.39, 0.29) is 36.6 Å². The Morgan fingerprint density at radius 1 is 1.28 bits per heavy atom. The lowest BCUT2D eigenvalue weighted by atomic mass is 9.50. The van der Waals surface area contributed by atoms with Crippen LogP contribution in [0.3, 0.4) is 0 Å². The highest BCUT2D eigenvalue weighted by Gasteiger charge is 2.71. The summed E-state index contributed by atoms with van der Waals surface area (Å²) in [6, 6.07) is 7.31. The molecule has 1 aliphatic heterocycles. The Labute approximate surface area is 146 Å². The Morgan fingerprint density at radius 3 is 2.84 bits per heavy atom. The molecule has 0 amide bonds. The lowest BCUT2D eigenvalue weighted by Gasteiger charge is -2.49. The summed E-state index contributed by atoms with van der Waals surface area (Å²) in [6.45, 7) is 2.04. The third-order valence-corrected chi connectivity index (χ3v) is 6.19. The topological polar surface area (TPSA) is 74.0 Å². The van der Waals surface area contributed by atoms with Gasteiger partial charge < -0.3 is 14.3 Å². The highest BCUT2D eigenvalue weighted by atomic mass is 16.6. The summed E-state index contributed by atoms with van der Waals surface area (Å²) in [5, 5.41) is 0. The molecule has 132 valence electrons. The van der Waals surface area contributed by atoms with Gasteiger partial charge in [0.05, 0.1) is 0 Å². The van der Waals surface area contributed by atoms with E-state index in [0.29, 0.717) is 5.75 Å². The average Bonchev–Trinajstić information content (AvgIpc) is 2.62. The van der Waals surface area contributed by atoms with E-state index in [9.17, 15) is 14.4 Å². The number of esters is 2. The van der Waals surface area contributed by atoms with Crippen LogP contribution in [0.4, 0.5) is 0 Å². The van der Waals surface area contributed by atoms with Crippen molar-refractivity contribution >= 4 is 17.7 Å². The number of benzene rings is 1. The van der Waals surface area contributed by atoms with Gasteiger partial charge >= 0.3 is 11.9 Å². The summed E-state index contributed by atoms with van der Waals surface area (Å²) >= 11 is 0. The van der Waals surface area contributed by atoms with Gasteiger partial charge in [0.25, 0.3) is 0 Å². The number of rotatable bonds is 2. The van der Waals surface area contributed by atoms with Crippen molar-refractivity contribution in [2.24, 2.45) is 17.3 Å². The number of para-hydroxylation sites is 1. The molecule has 4 atom stereocenters. The van der Waals surface area contributed by atoms with Crippen LogP contribution in [0.2, 0.25) is 0 Å². The predicted octanol–water partition coefficient (Wildman–Crippen LogP) is 2.99. The number of hydrogen-bond donors (Lipinski definition) is 0. The highest BCUT2D eigenvalue weighted by Crippen LogP contribution is 2.60. The zero-order valence-corrected chi connectivity index (χ0v) is 14.4. The molecule has 1 aromatic rings. The number of fused-ring (bicyclic) bond motifs is 5. The second kappa shape index (κ2) is 5.97. The van der Waals surface area contributed by atoms with E-state index in [4.69, 9.17) is 9.47 Å². The van der Waals surface area contributed by atoms with Crippen LogP contribution in [0.1, 0.15) is 50.5 Å². The van der Waals surface area contributed by atoms with Crippen LogP contribution in [-0.2, 0) is 14.3 Å². The van der Waals surface area contributed by atoms with Crippen molar-refractivity contribution in [2.45, 2.75) is 44.9 Å². The first kappa shape index (κ1) is 16.3. The Hall–Kier alpha value is -2.17. The molecular weight excluding hydrogens is 320 g/mol. The molecule has 1 N–H and O–H groups in total. The number of ketones is 1. The van der Waals surface area contributed by atoms with E-state index in [1.807, 2.05) is 12.1 Å². The quantitative estimate of drug-likeness (QED) is 0.358. The monoisotopic (exact) mass is 343 g/mol. The summed E-state index contributed by atoms with van der Waals surface area (Å²) < 4.78 is 11.1. The molecule has 0 bridgehead atoms. The van der Waals surface area contributed by atoms with Gasteiger partial charge in [-0.05, 0) is 25.8 Å². The number of Topliss-reactive ketones (excluding diaryl/α,β-unsaturated/α-hetero) is 1. The van der Waals surface area contributed by atoms with Gasteiger partial charge in [0.2, 0.25) is 5.41 Å². The molecular formula is C20H23O5+. The van der Waals surface area contributed by atoms with Crippen LogP contribution in [-0.4, -0.2) is 29.1 Å². The smallest absolute Gasteiger partial charge is 0.425 e. The lowest BCUT2D eigenvalue weighted by Crippen LogP contribution is -2.61. The van der Waals surface area contributed by atoms with Gasteiger partial charge in [-0.15, -0.1) is 0 Å². The Bertz CT molecular complexity index is 739. The van der Waals surface area contributed by atoms with Gasteiger partial charge in [0, 0.05) is 29.7 Å². The number of carbonyl (C=O) groups is 2. The fraction of sp³-hybridized carbons (Fsp3) is 0.550. The molecule has 2 saturated carbocycles. The van der Waals surface area contributed by atoms with Gasteiger partial charge in [-0.3, -0.25) is 9.59 Å². The second-order valence-corrected chi connectivity index (χ2v) is 7.25. The molecule has 25 heavy (non-hydrogen) atoms. The second-order valence-electron chi connectivity index (χ2n) is 7.25. The average molecular weight is 343 g/mol. The molecule has 0 saturated heterocycles. The Morgan fingerprint density at radius 2 is 2.04 bits per heavy atom. The SMILES string of the molecule is CCOC(=[OH+])C12C(=O)Oc3ccccc3C1CC(=O)C1CCCCC12. The summed E-state index contributed by atoms with van der Waals surface area (Å²) in [6.07, 6.45) is 3.66. The molecule has 2 fully saturated rings. The van der Waals surface area contributed by atoms with Gasteiger partial charge in [0.15, 0.2) is 6.61 Å². The van der Waals surface area contributed by atoms with E-state index < -0.39 is 17.3 Å². The minimum absolute atomic E-state index is 0.194. The van der Waals surface area contributed by atoms with Crippen LogP contribution < -0.4 is 4.74 Å². The van der Waals surface area contributed by atoms with Crippen molar-refractivity contribution in [3.63, 3.8) is 0 Å². The van der Waals surface area contributed by atoms with Crippen LogP contribution in [0.15, 0.2) is 24.3 Å². The molecule has 5 heteroatoms. The zero-order chi connectivity index (χ0) is 17.6. The van der Waals surface area contributed by atoms with Crippen LogP contribution in [0, 0.1) is 17.3 Å². The summed E-state index contributed by atoms with van der Waals surface area (Å²) in [5.74, 6) is -0.970. The highest BCUT2D eigenvalue weighted by molar-refractivity contribution is 6.07. The van der Waals surface area contributed by atoms with Crippen molar-refractivity contribution in [1.82, 2.24) is 0 Å². The molecule has 2 aliphatic carbocycles. The minimum Gasteiger partial charge on any atom is -0.425 e. The van der Waals surface area contributed by atoms with Crippen LogP contribution in [0.5, 0.6) is 5.75 Å². The van der Waals surface area contributed by atoms with Gasteiger partial charge in [-0.1, -0.05) is 31.0 Å². The summed E-state index contributed by atoms with van der Waals surface area (Å²) in [7, 11) is 0. The van der Waals surface area contributed by atoms with Crippen molar-refractivity contribution in [3.05, 3.63) is 29.8 Å². The predicted molar refractivity (Wildman–Crippen MR) is 90.9 cm³/mol. The molecule has 4 unspecified atom stereocenters. The maximum atomic E-state index is 13.2. The van der Waals surface area contributed by atoms with Crippen molar-refractivity contribution in [3.8, 4) is 5.75 Å². The normalized spacial score (nSPS) is 33.6. The van der Waals surface area contributed by atoms with Gasteiger partial charge in [-0.25, -0.2) is 0 Å². The first-order valence-electron chi connectivity index (χ1n) is 9.13. The minimum atomic E-state index is -1.27. The van der Waals surface area contributed by atoms with Crippen LogP contribution >= 0.6 is 0 Å². The number of hydrogen-bond acceptors (Lipinski definition) is 4. The zero-order valence-electron chi connectivity index (χ0n) is 14.4. The van der Waals surface area contributed by atoms with E-state index in [1.165, 1.54) is 0 Å². The first-order chi connectivity index (χ1) is 12.1. The fourth-order valence-electron chi connectivity index (χ4n) is 5.18. The standard InChI is InChI=1S/C20H22O5/c1-2-24-18(22)20-14-9-5-3-7-12(14)16(21)11-15(20)13-8-4-6-10-17(13)25-19(20)23/h4,6,8,10,12,14-15H,2-3,5,7,9,11H2,1H3/p+1. The van der Waals surface area contributed by atoms with E-state index in [0.717, 1.165) is 31.2 Å². The Kier molecular flexibility index (Phi) is 3.89. The van der Waals surface area contributed by atoms with Crippen LogP contribution in [0.25, 0.3) is 0 Å². The third kappa shape index (κ3) is 2.17. The maximum absolute atomic E-state index is 13.2. The molecule has 0 spiro atoms. The van der Waals surface area contributed by atoms with E-state index in [1.54, 1.807) is 19.1 Å². The number of ether oxygens (including phenoxy) is 2. The van der Waals surface area contributed by atoms with E-state index >= 15 is 0 Å². The summed E-state index contributed by atoms with van der Waals surface area (Å²) in [5.41, 5.74) is -0.464. The van der Waals surface area contributed by atoms with Crippen molar-refractivity contribution in [1.29, 1.82) is 0 Å². The molecule has 3 aliphatic rings. The van der Waals surface area contributed by atoms with Gasteiger partial charge in [-0.2, -0.15) is 0 Å². The van der Waals surface area contributed by atoms with Crippen molar-refractivity contribution < 1.29 is 23.9 Å². The molecule has 5 nitrogen and oxygen atoms in total. The Balaban J connectivity index is 1.92. The molecule has 1 aromatic carbocycles.